The zero-order valence-electron chi connectivity index (χ0n) is 21.9. The normalized spacial score (nSPS) is 14.0. The van der Waals surface area contributed by atoms with Gasteiger partial charge >= 0.3 is 12.1 Å². The summed E-state index contributed by atoms with van der Waals surface area (Å²) in [5, 5.41) is 9.45. The topological polar surface area (TPSA) is 125 Å². The molecular weight excluding hydrogens is 472 g/mol. The molecule has 1 aliphatic rings. The number of nitrogens with one attached hydrogen (secondary N) is 3. The summed E-state index contributed by atoms with van der Waals surface area (Å²) in [6, 6.07) is 11.2. The second kappa shape index (κ2) is 10.9. The Morgan fingerprint density at radius 2 is 1.68 bits per heavy atom. The van der Waals surface area contributed by atoms with Crippen LogP contribution in [0.25, 0.3) is 11.0 Å². The summed E-state index contributed by atoms with van der Waals surface area (Å²) in [6.07, 6.45) is 1.42. The van der Waals surface area contributed by atoms with E-state index in [1.807, 2.05) is 65.0 Å². The zero-order valence-corrected chi connectivity index (χ0v) is 21.9. The van der Waals surface area contributed by atoms with E-state index in [1.165, 1.54) is 0 Å². The maximum absolute atomic E-state index is 12.3. The average molecular weight is 507 g/mol. The van der Waals surface area contributed by atoms with Gasteiger partial charge in [0.05, 0.1) is 0 Å². The minimum Gasteiger partial charge on any atom is -0.444 e. The van der Waals surface area contributed by atoms with E-state index < -0.39 is 5.60 Å². The van der Waals surface area contributed by atoms with E-state index in [0.717, 1.165) is 29.9 Å². The van der Waals surface area contributed by atoms with E-state index in [4.69, 9.17) is 4.74 Å². The number of fused-ring (bicyclic) bond motifs is 1. The highest BCUT2D eigenvalue weighted by Crippen LogP contribution is 2.23. The molecule has 4 rings (SSSR count). The standard InChI is InChI=1S/C26H34N8O3/c1-17(2)28-24(35)31-21-11-6-18-16-27-23(32-22(18)30-21)29-19-7-9-20(10-8-19)33-12-14-34(15-13-33)25(36)37-26(3,4)5/h6-11,16-17H,12-15H2,1-5H3,(H3,27,28,29,30,31,32,35). The van der Waals surface area contributed by atoms with Crippen LogP contribution in [-0.2, 0) is 4.74 Å². The Morgan fingerprint density at radius 1 is 0.973 bits per heavy atom. The number of ether oxygens (including phenoxy) is 1. The molecule has 3 amide bonds. The predicted octanol–water partition coefficient (Wildman–Crippen LogP) is 4.36. The van der Waals surface area contributed by atoms with Crippen molar-refractivity contribution in [3.63, 3.8) is 0 Å². The summed E-state index contributed by atoms with van der Waals surface area (Å²) >= 11 is 0. The lowest BCUT2D eigenvalue weighted by molar-refractivity contribution is 0.0240. The van der Waals surface area contributed by atoms with Crippen LogP contribution in [0.5, 0.6) is 0 Å². The van der Waals surface area contributed by atoms with Crippen molar-refractivity contribution in [1.29, 1.82) is 0 Å². The number of benzene rings is 1. The first-order chi connectivity index (χ1) is 17.6. The lowest BCUT2D eigenvalue weighted by Gasteiger charge is -2.36. The van der Waals surface area contributed by atoms with Crippen molar-refractivity contribution < 1.29 is 14.3 Å². The van der Waals surface area contributed by atoms with E-state index in [1.54, 1.807) is 17.2 Å². The number of amides is 3. The van der Waals surface area contributed by atoms with Gasteiger partial charge in [-0.05, 0) is 71.0 Å². The fraction of sp³-hybridized carbons (Fsp3) is 0.423. The molecule has 196 valence electrons. The van der Waals surface area contributed by atoms with Gasteiger partial charge in [-0.1, -0.05) is 0 Å². The van der Waals surface area contributed by atoms with Gasteiger partial charge in [0.1, 0.15) is 11.4 Å². The minimum absolute atomic E-state index is 0.0202. The van der Waals surface area contributed by atoms with Crippen molar-refractivity contribution in [3.05, 3.63) is 42.6 Å². The van der Waals surface area contributed by atoms with Gasteiger partial charge in [-0.15, -0.1) is 0 Å². The van der Waals surface area contributed by atoms with Crippen LogP contribution in [0, 0.1) is 0 Å². The molecule has 0 aliphatic carbocycles. The molecule has 11 nitrogen and oxygen atoms in total. The van der Waals surface area contributed by atoms with E-state index in [2.05, 4.69) is 35.8 Å². The summed E-state index contributed by atoms with van der Waals surface area (Å²) in [4.78, 5) is 41.6. The van der Waals surface area contributed by atoms with Crippen molar-refractivity contribution in [1.82, 2.24) is 25.2 Å². The number of pyridine rings is 1. The monoisotopic (exact) mass is 506 g/mol. The number of nitrogens with zero attached hydrogens (tertiary/aromatic N) is 5. The molecular formula is C26H34N8O3. The van der Waals surface area contributed by atoms with Gasteiger partial charge in [0.25, 0.3) is 0 Å². The van der Waals surface area contributed by atoms with E-state index in [9.17, 15) is 9.59 Å². The third kappa shape index (κ3) is 7.18. The number of piperazine rings is 1. The van der Waals surface area contributed by atoms with E-state index in [-0.39, 0.29) is 18.2 Å². The van der Waals surface area contributed by atoms with Crippen LogP contribution in [0.2, 0.25) is 0 Å². The minimum atomic E-state index is -0.495. The third-order valence-electron chi connectivity index (χ3n) is 5.52. The molecule has 3 heterocycles. The molecule has 1 fully saturated rings. The first-order valence-electron chi connectivity index (χ1n) is 12.4. The van der Waals surface area contributed by atoms with Crippen LogP contribution >= 0.6 is 0 Å². The third-order valence-corrected chi connectivity index (χ3v) is 5.52. The molecule has 2 aromatic heterocycles. The Kier molecular flexibility index (Phi) is 7.61. The molecule has 11 heteroatoms. The highest BCUT2D eigenvalue weighted by molar-refractivity contribution is 5.89. The zero-order chi connectivity index (χ0) is 26.6. The first kappa shape index (κ1) is 25.9. The van der Waals surface area contributed by atoms with Gasteiger partial charge in [-0.3, -0.25) is 5.32 Å². The van der Waals surface area contributed by atoms with Gasteiger partial charge in [-0.25, -0.2) is 19.6 Å². The SMILES string of the molecule is CC(C)NC(=O)Nc1ccc2cnc(Nc3ccc(N4CCN(C(=O)OC(C)(C)C)CC4)cc3)nc2n1. The molecule has 0 saturated carbocycles. The summed E-state index contributed by atoms with van der Waals surface area (Å²) in [5.74, 6) is 0.814. The fourth-order valence-corrected chi connectivity index (χ4v) is 3.81. The molecule has 0 bridgehead atoms. The second-order valence-corrected chi connectivity index (χ2v) is 10.2. The van der Waals surface area contributed by atoms with Crippen molar-refractivity contribution in [3.8, 4) is 0 Å². The average Bonchev–Trinajstić information content (AvgIpc) is 2.83. The molecule has 3 aromatic rings. The van der Waals surface area contributed by atoms with Crippen LogP contribution in [0.15, 0.2) is 42.6 Å². The Hall–Kier alpha value is -4.15. The van der Waals surface area contributed by atoms with Gasteiger partial charge in [0.15, 0.2) is 5.65 Å². The van der Waals surface area contributed by atoms with Crippen LogP contribution < -0.4 is 20.9 Å². The van der Waals surface area contributed by atoms with Crippen molar-refractivity contribution in [2.75, 3.05) is 41.7 Å². The van der Waals surface area contributed by atoms with Gasteiger partial charge in [0.2, 0.25) is 5.95 Å². The Labute approximate surface area is 216 Å². The summed E-state index contributed by atoms with van der Waals surface area (Å²) in [6.45, 7) is 12.1. The Balaban J connectivity index is 1.36. The number of aromatic nitrogens is 3. The van der Waals surface area contributed by atoms with Crippen LogP contribution in [-0.4, -0.2) is 69.8 Å². The quantitative estimate of drug-likeness (QED) is 0.466. The first-order valence-corrected chi connectivity index (χ1v) is 12.4. The lowest BCUT2D eigenvalue weighted by Crippen LogP contribution is -2.50. The number of urea groups is 1. The van der Waals surface area contributed by atoms with Crippen LogP contribution in [0.3, 0.4) is 0 Å². The largest absolute Gasteiger partial charge is 0.444 e. The molecule has 0 radical (unpaired) electrons. The highest BCUT2D eigenvalue weighted by Gasteiger charge is 2.26. The molecule has 1 saturated heterocycles. The number of rotatable bonds is 5. The maximum atomic E-state index is 12.3. The Morgan fingerprint density at radius 3 is 2.32 bits per heavy atom. The smallest absolute Gasteiger partial charge is 0.410 e. The molecule has 37 heavy (non-hydrogen) atoms. The molecule has 0 unspecified atom stereocenters. The molecule has 1 aromatic carbocycles. The van der Waals surface area contributed by atoms with E-state index >= 15 is 0 Å². The summed E-state index contributed by atoms with van der Waals surface area (Å²) in [5.41, 5.74) is 1.89. The molecule has 1 aliphatic heterocycles. The molecule has 0 atom stereocenters. The lowest BCUT2D eigenvalue weighted by atomic mass is 10.2. The number of hydrogen-bond acceptors (Lipinski definition) is 8. The number of carbonyl (C=O) groups is 2. The van der Waals surface area contributed by atoms with Gasteiger partial charge in [-0.2, -0.15) is 4.98 Å². The fourth-order valence-electron chi connectivity index (χ4n) is 3.81. The maximum Gasteiger partial charge on any atom is 0.410 e. The Bertz CT molecular complexity index is 1250. The van der Waals surface area contributed by atoms with Gasteiger partial charge in [0, 0.05) is 55.2 Å². The van der Waals surface area contributed by atoms with Crippen molar-refractivity contribution in [2.45, 2.75) is 46.3 Å². The second-order valence-electron chi connectivity index (χ2n) is 10.2. The van der Waals surface area contributed by atoms with Crippen LogP contribution in [0.1, 0.15) is 34.6 Å². The number of carbonyl (C=O) groups excluding carboxylic acids is 2. The molecule has 3 N–H and O–H groups in total. The number of anilines is 4. The van der Waals surface area contributed by atoms with Crippen molar-refractivity contribution >= 4 is 46.3 Å². The highest BCUT2D eigenvalue weighted by atomic mass is 16.6. The van der Waals surface area contributed by atoms with Crippen LogP contribution in [0.4, 0.5) is 32.7 Å². The summed E-state index contributed by atoms with van der Waals surface area (Å²) in [7, 11) is 0. The van der Waals surface area contributed by atoms with E-state index in [0.29, 0.717) is 30.5 Å². The van der Waals surface area contributed by atoms with Gasteiger partial charge < -0.3 is 25.2 Å². The molecule has 0 spiro atoms. The predicted molar refractivity (Wildman–Crippen MR) is 144 cm³/mol. The summed E-state index contributed by atoms with van der Waals surface area (Å²) < 4.78 is 5.48. The number of hydrogen-bond donors (Lipinski definition) is 3. The van der Waals surface area contributed by atoms with Crippen molar-refractivity contribution in [2.24, 2.45) is 0 Å².